The minimum Gasteiger partial charge on any atom is -0.507 e. The highest BCUT2D eigenvalue weighted by Crippen LogP contribution is 2.32. The van der Waals surface area contributed by atoms with Crippen molar-refractivity contribution in [1.82, 2.24) is 0 Å². The molecule has 0 aromatic heterocycles. The van der Waals surface area contributed by atoms with Crippen LogP contribution in [-0.2, 0) is 0 Å². The average molecular weight is 204 g/mol. The molecule has 0 spiro atoms. The van der Waals surface area contributed by atoms with Gasteiger partial charge in [-0.15, -0.1) is 0 Å². The third-order valence-electron chi connectivity index (χ3n) is 1.44. The number of halogens is 2. The molecule has 2 N–H and O–H groups in total. The second-order valence-electron chi connectivity index (χ2n) is 2.34. The van der Waals surface area contributed by atoms with E-state index >= 15 is 0 Å². The topological polar surface area (TPSA) is 58.9 Å². The van der Waals surface area contributed by atoms with Crippen molar-refractivity contribution in [2.24, 2.45) is 0 Å². The number of rotatable bonds is 3. The van der Waals surface area contributed by atoms with Crippen molar-refractivity contribution in [2.75, 3.05) is 7.11 Å². The molecule has 0 bridgehead atoms. The third-order valence-corrected chi connectivity index (χ3v) is 1.44. The van der Waals surface area contributed by atoms with E-state index in [0.29, 0.717) is 0 Å². The Hall–Kier alpha value is -1.34. The van der Waals surface area contributed by atoms with Gasteiger partial charge in [-0.05, 0) is 12.1 Å². The lowest BCUT2D eigenvalue weighted by Crippen LogP contribution is -2.21. The van der Waals surface area contributed by atoms with Gasteiger partial charge in [0.05, 0.1) is 7.11 Å². The van der Waals surface area contributed by atoms with E-state index in [-0.39, 0.29) is 0 Å². The van der Waals surface area contributed by atoms with Gasteiger partial charge in [0.25, 0.3) is 0 Å². The molecule has 0 saturated heterocycles. The number of benzene rings is 1. The van der Waals surface area contributed by atoms with Crippen LogP contribution in [0, 0.1) is 11.6 Å². The number of ether oxygens (including phenoxy) is 1. The van der Waals surface area contributed by atoms with Gasteiger partial charge in [0.15, 0.2) is 23.1 Å². The van der Waals surface area contributed by atoms with E-state index < -0.39 is 30.5 Å². The Morgan fingerprint density at radius 1 is 1.14 bits per heavy atom. The zero-order chi connectivity index (χ0) is 10.7. The summed E-state index contributed by atoms with van der Waals surface area (Å²) in [5, 5.41) is 16.9. The smallest absolute Gasteiger partial charge is 0.507 e. The largest absolute Gasteiger partial charge is 0.707 e. The molecule has 0 amide bonds. The van der Waals surface area contributed by atoms with Crippen LogP contribution in [0.4, 0.5) is 8.78 Å². The quantitative estimate of drug-likeness (QED) is 0.696. The SMILES string of the molecule is COc1c(F)ccc(F)c1OB(O)O. The van der Waals surface area contributed by atoms with E-state index in [1.807, 2.05) is 0 Å². The normalized spacial score (nSPS) is 9.79. The fraction of sp³-hybridized carbons (Fsp3) is 0.143. The molecule has 7 heteroatoms. The Labute approximate surface area is 78.9 Å². The molecule has 14 heavy (non-hydrogen) atoms. The maximum atomic E-state index is 13.0. The molecule has 1 aromatic rings. The second-order valence-corrected chi connectivity index (χ2v) is 2.34. The van der Waals surface area contributed by atoms with Crippen LogP contribution < -0.4 is 9.39 Å². The molecule has 0 aliphatic rings. The Bertz CT molecular complexity index is 332. The molecule has 0 fully saturated rings. The first-order valence-corrected chi connectivity index (χ1v) is 3.61. The minimum absolute atomic E-state index is 0.516. The van der Waals surface area contributed by atoms with Gasteiger partial charge < -0.3 is 19.4 Å². The van der Waals surface area contributed by atoms with Crippen molar-refractivity contribution in [1.29, 1.82) is 0 Å². The van der Waals surface area contributed by atoms with Gasteiger partial charge in [0, 0.05) is 0 Å². The highest BCUT2D eigenvalue weighted by atomic mass is 19.1. The van der Waals surface area contributed by atoms with Crippen molar-refractivity contribution in [3.8, 4) is 11.5 Å². The predicted molar refractivity (Wildman–Crippen MR) is 43.7 cm³/mol. The number of methoxy groups -OCH3 is 1. The summed E-state index contributed by atoms with van der Waals surface area (Å²) in [6, 6.07) is 1.63. The lowest BCUT2D eigenvalue weighted by Gasteiger charge is -2.11. The van der Waals surface area contributed by atoms with E-state index in [0.717, 1.165) is 19.2 Å². The van der Waals surface area contributed by atoms with Gasteiger partial charge in [0.1, 0.15) is 0 Å². The van der Waals surface area contributed by atoms with Crippen molar-refractivity contribution >= 4 is 7.32 Å². The molecular weight excluding hydrogens is 197 g/mol. The van der Waals surface area contributed by atoms with Crippen LogP contribution in [0.15, 0.2) is 12.1 Å². The number of hydrogen-bond acceptors (Lipinski definition) is 4. The summed E-state index contributed by atoms with van der Waals surface area (Å²) in [5.74, 6) is -3.00. The minimum atomic E-state index is -2.24. The van der Waals surface area contributed by atoms with E-state index in [2.05, 4.69) is 9.39 Å². The third kappa shape index (κ3) is 2.12. The van der Waals surface area contributed by atoms with Crippen molar-refractivity contribution in [3.63, 3.8) is 0 Å². The fourth-order valence-corrected chi connectivity index (χ4v) is 0.920. The Morgan fingerprint density at radius 3 is 2.07 bits per heavy atom. The van der Waals surface area contributed by atoms with Gasteiger partial charge in [-0.3, -0.25) is 0 Å². The number of hydrogen-bond donors (Lipinski definition) is 2. The fourth-order valence-electron chi connectivity index (χ4n) is 0.920. The Balaban J connectivity index is 3.16. The van der Waals surface area contributed by atoms with Gasteiger partial charge in [0.2, 0.25) is 0 Å². The molecular formula is C7H7BF2O4. The Kier molecular flexibility index (Phi) is 3.26. The van der Waals surface area contributed by atoms with Gasteiger partial charge in [-0.2, -0.15) is 0 Å². The lowest BCUT2D eigenvalue weighted by atomic mass is 10.2. The second kappa shape index (κ2) is 4.25. The summed E-state index contributed by atoms with van der Waals surface area (Å²) in [6.07, 6.45) is 0. The Morgan fingerprint density at radius 2 is 1.64 bits per heavy atom. The molecule has 0 unspecified atom stereocenters. The zero-order valence-electron chi connectivity index (χ0n) is 7.20. The summed E-state index contributed by atoms with van der Waals surface area (Å²) in [7, 11) is -1.13. The van der Waals surface area contributed by atoms with E-state index in [1.54, 1.807) is 0 Å². The van der Waals surface area contributed by atoms with Gasteiger partial charge in [-0.1, -0.05) is 0 Å². The maximum Gasteiger partial charge on any atom is 0.707 e. The van der Waals surface area contributed by atoms with Gasteiger partial charge in [-0.25, -0.2) is 8.78 Å². The first-order valence-electron chi connectivity index (χ1n) is 3.61. The van der Waals surface area contributed by atoms with Crippen LogP contribution in [0.5, 0.6) is 11.5 Å². The van der Waals surface area contributed by atoms with Crippen molar-refractivity contribution < 1.29 is 28.2 Å². The lowest BCUT2D eigenvalue weighted by molar-refractivity contribution is 0.268. The molecule has 1 aromatic carbocycles. The molecule has 76 valence electrons. The summed E-state index contributed by atoms with van der Waals surface area (Å²) in [5.41, 5.74) is 0. The molecule has 4 nitrogen and oxygen atoms in total. The first kappa shape index (κ1) is 10.7. The molecule has 1 rings (SSSR count). The summed E-state index contributed by atoms with van der Waals surface area (Å²) >= 11 is 0. The van der Waals surface area contributed by atoms with Crippen LogP contribution in [-0.4, -0.2) is 24.5 Å². The predicted octanol–water partition coefficient (Wildman–Crippen LogP) is 0.322. The van der Waals surface area contributed by atoms with E-state index in [4.69, 9.17) is 10.0 Å². The highest BCUT2D eigenvalue weighted by molar-refractivity contribution is 6.33. The molecule has 0 saturated carbocycles. The first-order chi connectivity index (χ1) is 6.56. The van der Waals surface area contributed by atoms with Crippen LogP contribution in [0.3, 0.4) is 0 Å². The molecule has 0 atom stereocenters. The van der Waals surface area contributed by atoms with E-state index in [9.17, 15) is 8.78 Å². The van der Waals surface area contributed by atoms with Crippen LogP contribution in [0.2, 0.25) is 0 Å². The van der Waals surface area contributed by atoms with Crippen LogP contribution >= 0.6 is 0 Å². The molecule has 0 heterocycles. The van der Waals surface area contributed by atoms with Crippen molar-refractivity contribution in [2.45, 2.75) is 0 Å². The summed E-state index contributed by atoms with van der Waals surface area (Å²) in [6.45, 7) is 0. The van der Waals surface area contributed by atoms with Crippen LogP contribution in [0.1, 0.15) is 0 Å². The molecule has 0 aliphatic heterocycles. The molecule has 0 radical (unpaired) electrons. The van der Waals surface area contributed by atoms with Gasteiger partial charge >= 0.3 is 7.32 Å². The average Bonchev–Trinajstić information content (AvgIpc) is 2.11. The zero-order valence-corrected chi connectivity index (χ0v) is 7.20. The molecule has 0 aliphatic carbocycles. The van der Waals surface area contributed by atoms with Crippen molar-refractivity contribution in [3.05, 3.63) is 23.8 Å². The van der Waals surface area contributed by atoms with E-state index in [1.165, 1.54) is 0 Å². The standard InChI is InChI=1S/C7H7BF2O4/c1-13-6-4(9)2-3-5(10)7(6)14-8(11)12/h2-3,11-12H,1H3. The summed E-state index contributed by atoms with van der Waals surface area (Å²) in [4.78, 5) is 0. The highest BCUT2D eigenvalue weighted by Gasteiger charge is 2.21. The monoisotopic (exact) mass is 204 g/mol. The maximum absolute atomic E-state index is 13.0. The summed E-state index contributed by atoms with van der Waals surface area (Å²) < 4.78 is 34.6. The van der Waals surface area contributed by atoms with Crippen LogP contribution in [0.25, 0.3) is 0 Å².